The monoisotopic (exact) mass is 439 g/mol. The Kier molecular flexibility index (Phi) is 5.53. The predicted molar refractivity (Wildman–Crippen MR) is 128 cm³/mol. The van der Waals surface area contributed by atoms with Gasteiger partial charge in [0.2, 0.25) is 0 Å². The second kappa shape index (κ2) is 8.63. The van der Waals surface area contributed by atoms with Gasteiger partial charge in [0.25, 0.3) is 0 Å². The molecule has 3 aromatic carbocycles. The Balaban J connectivity index is 1.32. The van der Waals surface area contributed by atoms with Gasteiger partial charge in [-0.3, -0.25) is 0 Å². The molecule has 0 saturated heterocycles. The minimum absolute atomic E-state index is 0.412. The molecule has 5 rings (SSSR count). The maximum Gasteiger partial charge on any atom is 0.153 e. The molecule has 1 saturated carbocycles. The Bertz CT molecular complexity index is 1330. The fourth-order valence-electron chi connectivity index (χ4n) is 4.02. The zero-order valence-corrected chi connectivity index (χ0v) is 18.1. The van der Waals surface area contributed by atoms with Crippen molar-refractivity contribution in [3.05, 3.63) is 94.1 Å². The van der Waals surface area contributed by atoms with Crippen molar-refractivity contribution >= 4 is 29.1 Å². The summed E-state index contributed by atoms with van der Waals surface area (Å²) in [5.74, 6) is 5.89. The predicted octanol–water partition coefficient (Wildman–Crippen LogP) is 7.31. The summed E-state index contributed by atoms with van der Waals surface area (Å²) in [5, 5.41) is 2.01. The minimum atomic E-state index is -0.759. The van der Waals surface area contributed by atoms with Gasteiger partial charge in [0.1, 0.15) is 5.69 Å². The van der Waals surface area contributed by atoms with Gasteiger partial charge in [-0.05, 0) is 95.6 Å². The molecule has 0 unspecified atom stereocenters. The largest absolute Gasteiger partial charge is 0.204 e. The third kappa shape index (κ3) is 4.46. The summed E-state index contributed by atoms with van der Waals surface area (Å²) >= 11 is 4.45. The van der Waals surface area contributed by atoms with E-state index in [-0.39, 0.29) is 0 Å². The lowest BCUT2D eigenvalue weighted by Gasteiger charge is -2.07. The van der Waals surface area contributed by atoms with Gasteiger partial charge in [0.05, 0.1) is 5.16 Å². The second-order valence-electron chi connectivity index (χ2n) is 8.35. The fourth-order valence-corrected chi connectivity index (χ4v) is 4.11. The van der Waals surface area contributed by atoms with Crippen LogP contribution in [0.15, 0.2) is 65.2 Å². The number of nitrogens with zero attached hydrogens (tertiary/aromatic N) is 1. The maximum atomic E-state index is 14.2. The summed E-state index contributed by atoms with van der Waals surface area (Å²) < 4.78 is 28.4. The molecule has 0 radical (unpaired) electrons. The fraction of sp³-hybridized carbons (Fsp3) is 0.179. The molecule has 4 heteroatoms. The highest BCUT2D eigenvalue weighted by Gasteiger charge is 2.21. The zero-order chi connectivity index (χ0) is 22.1. The molecule has 3 aromatic rings. The van der Waals surface area contributed by atoms with E-state index in [1.54, 1.807) is 0 Å². The molecule has 1 nitrogen and oxygen atoms in total. The van der Waals surface area contributed by atoms with Crippen LogP contribution in [-0.2, 0) is 12.8 Å². The van der Waals surface area contributed by atoms with Crippen molar-refractivity contribution in [3.63, 3.8) is 0 Å². The number of aliphatic imine (C=N–C) groups is 1. The van der Waals surface area contributed by atoms with Crippen molar-refractivity contribution in [2.24, 2.45) is 10.9 Å². The SMILES string of the molecule is Fc1cc(-c2ccc3c(c2)CC(C#Cc2ccc(CC4CC4)cc2)=C3)cc(F)c1N=C=S. The topological polar surface area (TPSA) is 12.4 Å². The number of thiocarbonyl (C=S) groups is 1. The highest BCUT2D eigenvalue weighted by molar-refractivity contribution is 7.78. The second-order valence-corrected chi connectivity index (χ2v) is 8.53. The van der Waals surface area contributed by atoms with E-state index in [1.165, 1.54) is 37.0 Å². The van der Waals surface area contributed by atoms with Crippen molar-refractivity contribution in [3.8, 4) is 23.0 Å². The van der Waals surface area contributed by atoms with Gasteiger partial charge in [0.15, 0.2) is 11.6 Å². The van der Waals surface area contributed by atoms with E-state index in [9.17, 15) is 8.78 Å². The highest BCUT2D eigenvalue weighted by Crippen LogP contribution is 2.34. The average Bonchev–Trinajstić information content (AvgIpc) is 3.51. The highest BCUT2D eigenvalue weighted by atomic mass is 32.1. The van der Waals surface area contributed by atoms with Crippen molar-refractivity contribution in [1.82, 2.24) is 0 Å². The Morgan fingerprint density at radius 1 is 0.906 bits per heavy atom. The molecule has 156 valence electrons. The normalized spacial score (nSPS) is 14.1. The van der Waals surface area contributed by atoms with Crippen molar-refractivity contribution in [1.29, 1.82) is 0 Å². The van der Waals surface area contributed by atoms with Crippen LogP contribution in [-0.4, -0.2) is 5.16 Å². The number of hydrogen-bond donors (Lipinski definition) is 0. The minimum Gasteiger partial charge on any atom is -0.204 e. The van der Waals surface area contributed by atoms with Gasteiger partial charge in [-0.1, -0.05) is 42.2 Å². The molecule has 0 heterocycles. The summed E-state index contributed by atoms with van der Waals surface area (Å²) in [6, 6.07) is 16.9. The molecule has 0 N–H and O–H groups in total. The Morgan fingerprint density at radius 3 is 2.34 bits per heavy atom. The van der Waals surface area contributed by atoms with E-state index in [0.717, 1.165) is 33.7 Å². The van der Waals surface area contributed by atoms with Crippen LogP contribution in [0.3, 0.4) is 0 Å². The smallest absolute Gasteiger partial charge is 0.153 e. The molecule has 0 spiro atoms. The van der Waals surface area contributed by atoms with Gasteiger partial charge in [-0.25, -0.2) is 8.78 Å². The van der Waals surface area contributed by atoms with Crippen LogP contribution in [0.2, 0.25) is 0 Å². The van der Waals surface area contributed by atoms with Gasteiger partial charge in [-0.2, -0.15) is 4.99 Å². The molecule has 2 aliphatic rings. The molecular formula is C28H19F2NS. The van der Waals surface area contributed by atoms with E-state index in [2.05, 4.69) is 59.4 Å². The molecule has 0 aromatic heterocycles. The van der Waals surface area contributed by atoms with Crippen LogP contribution >= 0.6 is 12.2 Å². The number of rotatable bonds is 4. The number of benzene rings is 3. The molecule has 0 aliphatic heterocycles. The number of hydrogen-bond acceptors (Lipinski definition) is 2. The molecule has 0 amide bonds. The van der Waals surface area contributed by atoms with Crippen LogP contribution in [0.25, 0.3) is 17.2 Å². The third-order valence-electron chi connectivity index (χ3n) is 5.90. The number of halogens is 2. The van der Waals surface area contributed by atoms with Crippen molar-refractivity contribution < 1.29 is 8.78 Å². The molecule has 0 bridgehead atoms. The van der Waals surface area contributed by atoms with Gasteiger partial charge in [0, 0.05) is 17.6 Å². The van der Waals surface area contributed by atoms with Gasteiger partial charge in [-0.15, -0.1) is 0 Å². The molecule has 32 heavy (non-hydrogen) atoms. The molecule has 1 fully saturated rings. The molecule has 2 aliphatic carbocycles. The van der Waals surface area contributed by atoms with Gasteiger partial charge < -0.3 is 0 Å². The summed E-state index contributed by atoms with van der Waals surface area (Å²) in [4.78, 5) is 3.46. The van der Waals surface area contributed by atoms with Crippen LogP contribution in [0, 0.1) is 29.4 Å². The van der Waals surface area contributed by atoms with E-state index in [1.807, 2.05) is 23.4 Å². The Morgan fingerprint density at radius 2 is 1.66 bits per heavy atom. The first kappa shape index (κ1) is 20.5. The average molecular weight is 440 g/mol. The first-order valence-corrected chi connectivity index (χ1v) is 11.0. The van der Waals surface area contributed by atoms with Crippen LogP contribution < -0.4 is 0 Å². The Labute approximate surface area is 191 Å². The van der Waals surface area contributed by atoms with E-state index < -0.39 is 17.3 Å². The van der Waals surface area contributed by atoms with E-state index >= 15 is 0 Å². The molecular weight excluding hydrogens is 420 g/mol. The summed E-state index contributed by atoms with van der Waals surface area (Å²) in [7, 11) is 0. The van der Waals surface area contributed by atoms with Crippen LogP contribution in [0.4, 0.5) is 14.5 Å². The standard InChI is InChI=1S/C28H19F2NS/c29-26-15-25(16-27(30)28(26)31-17-32)23-10-9-22-12-21(13-24(22)14-23)8-3-18-1-4-19(5-2-18)11-20-6-7-20/h1-2,4-5,9-10,12,14-16,20H,6-7,11,13H2. The molecule has 0 atom stereocenters. The quantitative estimate of drug-likeness (QED) is 0.236. The van der Waals surface area contributed by atoms with Gasteiger partial charge >= 0.3 is 0 Å². The number of isothiocyanates is 1. The first-order valence-electron chi connectivity index (χ1n) is 10.6. The maximum absolute atomic E-state index is 14.2. The summed E-state index contributed by atoms with van der Waals surface area (Å²) in [6.45, 7) is 0. The summed E-state index contributed by atoms with van der Waals surface area (Å²) in [5.41, 5.74) is 6.38. The Hall–Kier alpha value is -3.38. The van der Waals surface area contributed by atoms with Crippen LogP contribution in [0.5, 0.6) is 0 Å². The van der Waals surface area contributed by atoms with Crippen molar-refractivity contribution in [2.75, 3.05) is 0 Å². The van der Waals surface area contributed by atoms with E-state index in [4.69, 9.17) is 0 Å². The zero-order valence-electron chi connectivity index (χ0n) is 17.3. The first-order chi connectivity index (χ1) is 15.6. The van der Waals surface area contributed by atoms with Crippen LogP contribution in [0.1, 0.15) is 35.1 Å². The lowest BCUT2D eigenvalue weighted by molar-refractivity contribution is 0.588. The third-order valence-corrected chi connectivity index (χ3v) is 6.00. The summed E-state index contributed by atoms with van der Waals surface area (Å²) in [6.07, 6.45) is 6.66. The number of fused-ring (bicyclic) bond motifs is 1. The van der Waals surface area contributed by atoms with Crippen molar-refractivity contribution in [2.45, 2.75) is 25.7 Å². The lowest BCUT2D eigenvalue weighted by atomic mass is 9.99. The van der Waals surface area contributed by atoms with E-state index in [0.29, 0.717) is 12.0 Å². The number of allylic oxidation sites excluding steroid dienone is 1. The lowest BCUT2D eigenvalue weighted by Crippen LogP contribution is -1.89.